The summed E-state index contributed by atoms with van der Waals surface area (Å²) in [5.41, 5.74) is 1.97. The number of aromatic carboxylic acids is 1. The number of nitrogens with zero attached hydrogens (tertiary/aromatic N) is 2. The van der Waals surface area contributed by atoms with Crippen molar-refractivity contribution in [3.63, 3.8) is 0 Å². The van der Waals surface area contributed by atoms with Crippen LogP contribution < -0.4 is 4.90 Å². The Balaban J connectivity index is 2.24. The van der Waals surface area contributed by atoms with Gasteiger partial charge in [0.05, 0.1) is 5.56 Å². The smallest absolute Gasteiger partial charge is 0.335 e. The summed E-state index contributed by atoms with van der Waals surface area (Å²) < 4.78 is 0. The highest BCUT2D eigenvalue weighted by molar-refractivity contribution is 5.96. The molecule has 0 unspecified atom stereocenters. The number of amides is 2. The number of hydrogen-bond donors (Lipinski definition) is 1. The lowest BCUT2D eigenvalue weighted by atomic mass is 10.1. The van der Waals surface area contributed by atoms with Gasteiger partial charge in [-0.15, -0.1) is 0 Å². The summed E-state index contributed by atoms with van der Waals surface area (Å²) in [4.78, 5) is 26.8. The van der Waals surface area contributed by atoms with E-state index in [2.05, 4.69) is 13.8 Å². The maximum atomic E-state index is 12.4. The minimum atomic E-state index is -0.970. The molecule has 5 nitrogen and oxygen atoms in total. The second kappa shape index (κ2) is 5.53. The molecule has 1 N–H and O–H groups in total. The Labute approximate surface area is 118 Å². The number of carbonyl (C=O) groups excluding carboxylic acids is 1. The Bertz CT molecular complexity index is 540. The molecule has 1 heterocycles. The largest absolute Gasteiger partial charge is 0.478 e. The Morgan fingerprint density at radius 2 is 2.10 bits per heavy atom. The third kappa shape index (κ3) is 2.76. The molecule has 108 valence electrons. The summed E-state index contributed by atoms with van der Waals surface area (Å²) in [5.74, 6) is -0.570. The molecule has 20 heavy (non-hydrogen) atoms. The van der Waals surface area contributed by atoms with Gasteiger partial charge in [0.2, 0.25) is 0 Å². The monoisotopic (exact) mass is 276 g/mol. The first kappa shape index (κ1) is 14.4. The van der Waals surface area contributed by atoms with Gasteiger partial charge in [-0.25, -0.2) is 9.59 Å². The maximum Gasteiger partial charge on any atom is 0.335 e. The molecule has 0 aromatic heterocycles. The number of benzene rings is 1. The molecule has 2 amide bonds. The Morgan fingerprint density at radius 1 is 1.40 bits per heavy atom. The zero-order valence-corrected chi connectivity index (χ0v) is 12.1. The lowest BCUT2D eigenvalue weighted by Crippen LogP contribution is -2.41. The molecule has 0 atom stereocenters. The molecule has 5 heteroatoms. The molecule has 0 spiro atoms. The van der Waals surface area contributed by atoms with Crippen LogP contribution in [-0.4, -0.2) is 42.1 Å². The summed E-state index contributed by atoms with van der Waals surface area (Å²) in [6, 6.07) is 4.91. The molecule has 1 aliphatic heterocycles. The number of carboxylic acid groups (broad SMARTS) is 1. The second-order valence-electron chi connectivity index (χ2n) is 5.61. The van der Waals surface area contributed by atoms with Crippen molar-refractivity contribution in [2.45, 2.75) is 20.3 Å². The topological polar surface area (TPSA) is 60.9 Å². The van der Waals surface area contributed by atoms with Gasteiger partial charge in [-0.2, -0.15) is 0 Å². The van der Waals surface area contributed by atoms with Gasteiger partial charge in [0, 0.05) is 25.8 Å². The van der Waals surface area contributed by atoms with Crippen LogP contribution in [0.5, 0.6) is 0 Å². The van der Waals surface area contributed by atoms with Crippen molar-refractivity contribution in [1.29, 1.82) is 0 Å². The highest BCUT2D eigenvalue weighted by Gasteiger charge is 2.27. The summed E-state index contributed by atoms with van der Waals surface area (Å²) in [6.45, 7) is 5.41. The Kier molecular flexibility index (Phi) is 3.97. The van der Waals surface area contributed by atoms with Gasteiger partial charge in [-0.1, -0.05) is 19.9 Å². The predicted octanol–water partition coefficient (Wildman–Crippen LogP) is 2.46. The zero-order valence-electron chi connectivity index (χ0n) is 12.1. The van der Waals surface area contributed by atoms with Crippen LogP contribution in [0.4, 0.5) is 10.5 Å². The molecule has 0 saturated carbocycles. The van der Waals surface area contributed by atoms with E-state index in [0.717, 1.165) is 17.7 Å². The quantitative estimate of drug-likeness (QED) is 0.922. The van der Waals surface area contributed by atoms with Crippen LogP contribution in [0, 0.1) is 5.92 Å². The Morgan fingerprint density at radius 3 is 2.70 bits per heavy atom. The van der Waals surface area contributed by atoms with E-state index < -0.39 is 5.97 Å². The number of carbonyl (C=O) groups is 2. The molecule has 1 aliphatic rings. The van der Waals surface area contributed by atoms with Crippen LogP contribution in [-0.2, 0) is 6.42 Å². The van der Waals surface area contributed by atoms with Crippen molar-refractivity contribution in [3.05, 3.63) is 29.3 Å². The van der Waals surface area contributed by atoms with Gasteiger partial charge < -0.3 is 10.0 Å². The van der Waals surface area contributed by atoms with Gasteiger partial charge in [0.15, 0.2) is 0 Å². The SMILES string of the molecule is CC(C)CN(C)C(=O)N1CCc2ccc(C(=O)O)cc21. The van der Waals surface area contributed by atoms with Gasteiger partial charge in [-0.3, -0.25) is 4.90 Å². The number of carboxylic acids is 1. The average Bonchev–Trinajstić information content (AvgIpc) is 2.79. The standard InChI is InChI=1S/C15H20N2O3/c1-10(2)9-16(3)15(20)17-7-6-11-4-5-12(14(18)19)8-13(11)17/h4-5,8,10H,6-7,9H2,1-3H3,(H,18,19). The van der Waals surface area contributed by atoms with E-state index in [1.54, 1.807) is 35.0 Å². The van der Waals surface area contributed by atoms with E-state index in [1.807, 2.05) is 0 Å². The summed E-state index contributed by atoms with van der Waals surface area (Å²) in [6.07, 6.45) is 0.774. The minimum absolute atomic E-state index is 0.0695. The zero-order chi connectivity index (χ0) is 14.9. The fraction of sp³-hybridized carbons (Fsp3) is 0.467. The molecule has 1 aromatic rings. The second-order valence-corrected chi connectivity index (χ2v) is 5.61. The van der Waals surface area contributed by atoms with E-state index in [0.29, 0.717) is 19.0 Å². The number of hydrogen-bond acceptors (Lipinski definition) is 2. The van der Waals surface area contributed by atoms with Crippen molar-refractivity contribution >= 4 is 17.7 Å². The van der Waals surface area contributed by atoms with Gasteiger partial charge in [0.1, 0.15) is 0 Å². The molecule has 0 bridgehead atoms. The fourth-order valence-electron chi connectivity index (χ4n) is 2.54. The highest BCUT2D eigenvalue weighted by Crippen LogP contribution is 2.30. The summed E-state index contributed by atoms with van der Waals surface area (Å²) >= 11 is 0. The average molecular weight is 276 g/mol. The number of rotatable bonds is 3. The van der Waals surface area contributed by atoms with Crippen molar-refractivity contribution in [1.82, 2.24) is 4.90 Å². The van der Waals surface area contributed by atoms with Crippen LogP contribution in [0.25, 0.3) is 0 Å². The van der Waals surface area contributed by atoms with Gasteiger partial charge in [0.25, 0.3) is 0 Å². The van der Waals surface area contributed by atoms with Gasteiger partial charge >= 0.3 is 12.0 Å². The molecule has 0 fully saturated rings. The van der Waals surface area contributed by atoms with Crippen LogP contribution in [0.15, 0.2) is 18.2 Å². The van der Waals surface area contributed by atoms with E-state index >= 15 is 0 Å². The number of fused-ring (bicyclic) bond motifs is 1. The molecule has 0 aliphatic carbocycles. The lowest BCUT2D eigenvalue weighted by molar-refractivity contribution is 0.0697. The number of anilines is 1. The van der Waals surface area contributed by atoms with Crippen molar-refractivity contribution in [3.8, 4) is 0 Å². The molecule has 0 radical (unpaired) electrons. The molecular weight excluding hydrogens is 256 g/mol. The first-order valence-electron chi connectivity index (χ1n) is 6.79. The summed E-state index contributed by atoms with van der Waals surface area (Å²) in [5, 5.41) is 9.06. The number of urea groups is 1. The van der Waals surface area contributed by atoms with E-state index in [9.17, 15) is 9.59 Å². The van der Waals surface area contributed by atoms with E-state index in [4.69, 9.17) is 5.11 Å². The Hall–Kier alpha value is -2.04. The molecule has 1 aromatic carbocycles. The van der Waals surface area contributed by atoms with Crippen LogP contribution in [0.1, 0.15) is 29.8 Å². The maximum absolute atomic E-state index is 12.4. The minimum Gasteiger partial charge on any atom is -0.478 e. The first-order chi connectivity index (χ1) is 9.40. The van der Waals surface area contributed by atoms with E-state index in [1.165, 1.54) is 0 Å². The lowest BCUT2D eigenvalue weighted by Gasteiger charge is -2.26. The predicted molar refractivity (Wildman–Crippen MR) is 77.3 cm³/mol. The van der Waals surface area contributed by atoms with Gasteiger partial charge in [-0.05, 0) is 30.0 Å². The van der Waals surface area contributed by atoms with Crippen LogP contribution in [0.2, 0.25) is 0 Å². The van der Waals surface area contributed by atoms with E-state index in [-0.39, 0.29) is 11.6 Å². The third-order valence-electron chi connectivity index (χ3n) is 3.42. The fourth-order valence-corrected chi connectivity index (χ4v) is 2.54. The first-order valence-corrected chi connectivity index (χ1v) is 6.79. The highest BCUT2D eigenvalue weighted by atomic mass is 16.4. The van der Waals surface area contributed by atoms with Crippen molar-refractivity contribution < 1.29 is 14.7 Å². The van der Waals surface area contributed by atoms with Crippen LogP contribution in [0.3, 0.4) is 0 Å². The molecule has 0 saturated heterocycles. The van der Waals surface area contributed by atoms with Crippen LogP contribution >= 0.6 is 0 Å². The summed E-state index contributed by atoms with van der Waals surface area (Å²) in [7, 11) is 1.78. The molecular formula is C15H20N2O3. The molecule has 2 rings (SSSR count). The van der Waals surface area contributed by atoms with Crippen molar-refractivity contribution in [2.75, 3.05) is 25.0 Å². The normalized spacial score (nSPS) is 13.5. The van der Waals surface area contributed by atoms with Crippen molar-refractivity contribution in [2.24, 2.45) is 5.92 Å². The third-order valence-corrected chi connectivity index (χ3v) is 3.42.